The van der Waals surface area contributed by atoms with E-state index in [-0.39, 0.29) is 11.7 Å². The van der Waals surface area contributed by atoms with Crippen molar-refractivity contribution >= 4 is 11.7 Å². The summed E-state index contributed by atoms with van der Waals surface area (Å²) in [6.45, 7) is 2.05. The van der Waals surface area contributed by atoms with Crippen LogP contribution in [0.5, 0.6) is 0 Å². The van der Waals surface area contributed by atoms with Gasteiger partial charge in [0.05, 0.1) is 0 Å². The molecule has 0 unspecified atom stereocenters. The summed E-state index contributed by atoms with van der Waals surface area (Å²) >= 11 is 0. The number of benzene rings is 1. The van der Waals surface area contributed by atoms with Crippen LogP contribution in [-0.4, -0.2) is 23.7 Å². The molecule has 1 N–H and O–H groups in total. The van der Waals surface area contributed by atoms with Gasteiger partial charge in [0.15, 0.2) is 5.78 Å². The third-order valence-corrected chi connectivity index (χ3v) is 3.65. The third kappa shape index (κ3) is 4.74. The van der Waals surface area contributed by atoms with Crippen LogP contribution >= 0.6 is 0 Å². The van der Waals surface area contributed by atoms with Gasteiger partial charge < -0.3 is 5.32 Å². The first-order valence-corrected chi connectivity index (χ1v) is 7.94. The van der Waals surface area contributed by atoms with Gasteiger partial charge in [-0.15, -0.1) is 0 Å². The number of carbonyl (C=O) groups excluding carboxylic acids is 2. The predicted octanol–water partition coefficient (Wildman–Crippen LogP) is 3.40. The lowest BCUT2D eigenvalue weighted by atomic mass is 10.0. The summed E-state index contributed by atoms with van der Waals surface area (Å²) in [4.78, 5) is 28.6. The number of hydrogen-bond acceptors (Lipinski definition) is 3. The molecule has 2 rings (SSSR count). The van der Waals surface area contributed by atoms with Crippen molar-refractivity contribution in [3.63, 3.8) is 0 Å². The molecule has 0 aliphatic rings. The van der Waals surface area contributed by atoms with Crippen molar-refractivity contribution in [3.05, 3.63) is 65.0 Å². The van der Waals surface area contributed by atoms with E-state index in [0.717, 1.165) is 24.1 Å². The number of hydrogen-bond donors (Lipinski definition) is 1. The normalized spacial score (nSPS) is 10.3. The van der Waals surface area contributed by atoms with Gasteiger partial charge in [0.1, 0.15) is 5.69 Å². The van der Waals surface area contributed by atoms with E-state index in [1.807, 2.05) is 30.3 Å². The van der Waals surface area contributed by atoms with Gasteiger partial charge in [-0.25, -0.2) is 4.98 Å². The second kappa shape index (κ2) is 8.22. The number of ketones is 1. The monoisotopic (exact) mass is 310 g/mol. The van der Waals surface area contributed by atoms with Crippen LogP contribution in [0.2, 0.25) is 0 Å². The fourth-order valence-corrected chi connectivity index (χ4v) is 2.37. The molecule has 1 aromatic carbocycles. The topological polar surface area (TPSA) is 59.1 Å². The Labute approximate surface area is 137 Å². The van der Waals surface area contributed by atoms with Gasteiger partial charge in [-0.05, 0) is 24.1 Å². The Morgan fingerprint density at radius 3 is 2.52 bits per heavy atom. The highest BCUT2D eigenvalue weighted by atomic mass is 16.1. The maximum Gasteiger partial charge on any atom is 0.269 e. The van der Waals surface area contributed by atoms with Crippen LogP contribution in [0, 0.1) is 0 Å². The second-order valence-corrected chi connectivity index (χ2v) is 5.50. The van der Waals surface area contributed by atoms with Gasteiger partial charge in [0.2, 0.25) is 0 Å². The first-order chi connectivity index (χ1) is 11.1. The van der Waals surface area contributed by atoms with Crippen molar-refractivity contribution in [3.8, 4) is 0 Å². The van der Waals surface area contributed by atoms with Gasteiger partial charge in [-0.2, -0.15) is 0 Å². The molecule has 23 heavy (non-hydrogen) atoms. The molecule has 1 amide bonds. The molecule has 0 atom stereocenters. The minimum Gasteiger partial charge on any atom is -0.354 e. The van der Waals surface area contributed by atoms with Gasteiger partial charge >= 0.3 is 0 Å². The Kier molecular flexibility index (Phi) is 6.03. The highest BCUT2D eigenvalue weighted by molar-refractivity contribution is 5.99. The Bertz CT molecular complexity index is 681. The van der Waals surface area contributed by atoms with Crippen molar-refractivity contribution < 1.29 is 9.59 Å². The molecule has 0 bridgehead atoms. The van der Waals surface area contributed by atoms with E-state index in [1.54, 1.807) is 19.2 Å². The lowest BCUT2D eigenvalue weighted by Crippen LogP contribution is -2.20. The molecule has 4 heteroatoms. The van der Waals surface area contributed by atoms with Crippen LogP contribution < -0.4 is 5.32 Å². The number of aromatic nitrogens is 1. The fourth-order valence-electron chi connectivity index (χ4n) is 2.37. The molecule has 0 radical (unpaired) electrons. The van der Waals surface area contributed by atoms with E-state index in [9.17, 15) is 9.59 Å². The number of carbonyl (C=O) groups is 2. The standard InChI is InChI=1S/C19H22N2O2/c1-3-4-10-18(22)15-12-16(11-14-8-6-5-7-9-14)21-17(13-15)19(23)20-2/h5-9,12-13H,3-4,10-11H2,1-2H3,(H,20,23). The number of nitrogens with zero attached hydrogens (tertiary/aromatic N) is 1. The molecule has 0 fully saturated rings. The van der Waals surface area contributed by atoms with Crippen molar-refractivity contribution in [2.24, 2.45) is 0 Å². The molecule has 1 heterocycles. The summed E-state index contributed by atoms with van der Waals surface area (Å²) in [6, 6.07) is 13.3. The van der Waals surface area contributed by atoms with E-state index in [4.69, 9.17) is 0 Å². The minimum absolute atomic E-state index is 0.0636. The maximum absolute atomic E-state index is 12.3. The Hall–Kier alpha value is -2.49. The average Bonchev–Trinajstić information content (AvgIpc) is 2.59. The van der Waals surface area contributed by atoms with Crippen LogP contribution in [0.15, 0.2) is 42.5 Å². The summed E-state index contributed by atoms with van der Waals surface area (Å²) in [5.74, 6) is -0.210. The third-order valence-electron chi connectivity index (χ3n) is 3.65. The van der Waals surface area contributed by atoms with Crippen molar-refractivity contribution in [2.75, 3.05) is 7.05 Å². The van der Waals surface area contributed by atoms with Crippen LogP contribution in [-0.2, 0) is 6.42 Å². The molecule has 120 valence electrons. The number of nitrogens with one attached hydrogen (secondary N) is 1. The number of amides is 1. The summed E-state index contributed by atoms with van der Waals surface area (Å²) < 4.78 is 0. The van der Waals surface area contributed by atoms with Crippen LogP contribution in [0.25, 0.3) is 0 Å². The zero-order valence-corrected chi connectivity index (χ0v) is 13.6. The summed E-state index contributed by atoms with van der Waals surface area (Å²) in [5.41, 5.74) is 2.69. The van der Waals surface area contributed by atoms with Crippen molar-refractivity contribution in [2.45, 2.75) is 32.6 Å². The van der Waals surface area contributed by atoms with E-state index >= 15 is 0 Å². The number of Topliss-reactive ketones (excluding diaryl/α,β-unsaturated/α-hetero) is 1. The summed E-state index contributed by atoms with van der Waals surface area (Å²) in [7, 11) is 1.56. The van der Waals surface area contributed by atoms with Crippen molar-refractivity contribution in [1.82, 2.24) is 10.3 Å². The molecule has 0 saturated carbocycles. The molecular weight excluding hydrogens is 288 g/mol. The number of pyridine rings is 1. The van der Waals surface area contributed by atoms with Gasteiger partial charge in [-0.1, -0.05) is 43.7 Å². The highest BCUT2D eigenvalue weighted by Gasteiger charge is 2.13. The summed E-state index contributed by atoms with van der Waals surface area (Å²) in [6.07, 6.45) is 2.92. The molecule has 2 aromatic rings. The first-order valence-electron chi connectivity index (χ1n) is 7.94. The van der Waals surface area contributed by atoms with Crippen LogP contribution in [0.3, 0.4) is 0 Å². The van der Waals surface area contributed by atoms with E-state index in [2.05, 4.69) is 17.2 Å². The largest absolute Gasteiger partial charge is 0.354 e. The highest BCUT2D eigenvalue weighted by Crippen LogP contribution is 2.14. The smallest absolute Gasteiger partial charge is 0.269 e. The molecular formula is C19H22N2O2. The molecule has 0 saturated heterocycles. The first kappa shape index (κ1) is 16.9. The Balaban J connectivity index is 2.33. The Morgan fingerprint density at radius 2 is 1.87 bits per heavy atom. The quantitative estimate of drug-likeness (QED) is 0.797. The zero-order valence-electron chi connectivity index (χ0n) is 13.6. The second-order valence-electron chi connectivity index (χ2n) is 5.50. The van der Waals surface area contributed by atoms with E-state index in [1.165, 1.54) is 0 Å². The SMILES string of the molecule is CCCCC(=O)c1cc(Cc2ccccc2)nc(C(=O)NC)c1. The number of rotatable bonds is 7. The van der Waals surface area contributed by atoms with Crippen LogP contribution in [0.4, 0.5) is 0 Å². The van der Waals surface area contributed by atoms with E-state index < -0.39 is 0 Å². The van der Waals surface area contributed by atoms with Crippen LogP contribution in [0.1, 0.15) is 58.3 Å². The molecule has 0 spiro atoms. The zero-order chi connectivity index (χ0) is 16.7. The molecule has 0 aliphatic heterocycles. The molecule has 0 aliphatic carbocycles. The number of unbranched alkanes of at least 4 members (excludes halogenated alkanes) is 1. The Morgan fingerprint density at radius 1 is 1.13 bits per heavy atom. The van der Waals surface area contributed by atoms with Gasteiger partial charge in [0.25, 0.3) is 5.91 Å². The van der Waals surface area contributed by atoms with E-state index in [0.29, 0.717) is 24.1 Å². The lowest BCUT2D eigenvalue weighted by Gasteiger charge is -2.08. The minimum atomic E-state index is -0.274. The fraction of sp³-hybridized carbons (Fsp3) is 0.316. The molecule has 1 aromatic heterocycles. The summed E-state index contributed by atoms with van der Waals surface area (Å²) in [5, 5.41) is 2.57. The van der Waals surface area contributed by atoms with Gasteiger partial charge in [0, 0.05) is 31.1 Å². The maximum atomic E-state index is 12.3. The molecule has 4 nitrogen and oxygen atoms in total. The predicted molar refractivity (Wildman–Crippen MR) is 90.7 cm³/mol. The lowest BCUT2D eigenvalue weighted by molar-refractivity contribution is 0.0958. The van der Waals surface area contributed by atoms with Crippen molar-refractivity contribution in [1.29, 1.82) is 0 Å². The average molecular weight is 310 g/mol. The van der Waals surface area contributed by atoms with Gasteiger partial charge in [-0.3, -0.25) is 9.59 Å².